The second-order valence-electron chi connectivity index (χ2n) is 5.66. The molecule has 0 bridgehead atoms. The highest BCUT2D eigenvalue weighted by atomic mass is 15.4. The molecule has 0 aliphatic carbocycles. The minimum Gasteiger partial charge on any atom is -0.368 e. The minimum atomic E-state index is 0.367. The van der Waals surface area contributed by atoms with Crippen LogP contribution in [0.25, 0.3) is 0 Å². The molecule has 3 atom stereocenters. The lowest BCUT2D eigenvalue weighted by Gasteiger charge is -2.32. The van der Waals surface area contributed by atoms with Gasteiger partial charge in [0, 0.05) is 36.9 Å². The van der Waals surface area contributed by atoms with Gasteiger partial charge in [-0.2, -0.15) is 4.98 Å². The summed E-state index contributed by atoms with van der Waals surface area (Å²) in [5, 5.41) is 0. The Hall–Kier alpha value is -1.40. The van der Waals surface area contributed by atoms with E-state index in [0.717, 1.165) is 24.6 Å². The van der Waals surface area contributed by atoms with Crippen molar-refractivity contribution in [2.24, 2.45) is 5.92 Å². The average Bonchev–Trinajstić information content (AvgIpc) is 2.95. The van der Waals surface area contributed by atoms with Crippen molar-refractivity contribution in [3.63, 3.8) is 0 Å². The molecule has 3 rings (SSSR count). The van der Waals surface area contributed by atoms with E-state index in [-0.39, 0.29) is 0 Å². The first kappa shape index (κ1) is 12.6. The van der Waals surface area contributed by atoms with Gasteiger partial charge in [-0.05, 0) is 25.7 Å². The molecule has 0 saturated carbocycles. The number of hydrazine groups is 1. The molecule has 4 N–H and O–H groups in total. The fourth-order valence-corrected chi connectivity index (χ4v) is 3.25. The first-order valence-corrected chi connectivity index (χ1v) is 7.01. The maximum absolute atomic E-state index is 5.78. The van der Waals surface area contributed by atoms with Crippen LogP contribution >= 0.6 is 0 Å². The van der Waals surface area contributed by atoms with E-state index in [1.54, 1.807) is 0 Å². The predicted molar refractivity (Wildman–Crippen MR) is 75.6 cm³/mol. The number of hydrogen-bond acceptors (Lipinski definition) is 6. The Morgan fingerprint density at radius 1 is 1.42 bits per heavy atom. The van der Waals surface area contributed by atoms with Crippen LogP contribution in [0.4, 0.5) is 11.8 Å². The highest BCUT2D eigenvalue weighted by molar-refractivity contribution is 5.46. The number of nitrogen functional groups attached to an aromatic ring is 1. The summed E-state index contributed by atoms with van der Waals surface area (Å²) < 4.78 is 0. The van der Waals surface area contributed by atoms with E-state index >= 15 is 0 Å². The number of nitrogens with zero attached hydrogens (tertiary/aromatic N) is 3. The molecule has 3 unspecified atom stereocenters. The maximum atomic E-state index is 5.78. The zero-order valence-electron chi connectivity index (χ0n) is 11.6. The summed E-state index contributed by atoms with van der Waals surface area (Å²) >= 11 is 0. The Balaban J connectivity index is 1.86. The van der Waals surface area contributed by atoms with Gasteiger partial charge < -0.3 is 10.6 Å². The van der Waals surface area contributed by atoms with Crippen LogP contribution in [0, 0.1) is 12.8 Å². The summed E-state index contributed by atoms with van der Waals surface area (Å²) in [7, 11) is 0. The van der Waals surface area contributed by atoms with Crippen LogP contribution in [0.3, 0.4) is 0 Å². The van der Waals surface area contributed by atoms with E-state index in [2.05, 4.69) is 32.6 Å². The van der Waals surface area contributed by atoms with Crippen LogP contribution < -0.4 is 21.5 Å². The lowest BCUT2D eigenvalue weighted by atomic mass is 9.95. The Kier molecular flexibility index (Phi) is 3.28. The van der Waals surface area contributed by atoms with Crippen LogP contribution in [0.2, 0.25) is 0 Å². The maximum Gasteiger partial charge on any atom is 0.222 e. The molecular formula is C13H22N6. The summed E-state index contributed by atoms with van der Waals surface area (Å²) in [5.74, 6) is 1.96. The molecule has 2 fully saturated rings. The summed E-state index contributed by atoms with van der Waals surface area (Å²) in [5.41, 5.74) is 13.4. The van der Waals surface area contributed by atoms with Crippen LogP contribution in [-0.2, 0) is 0 Å². The molecule has 0 spiro atoms. The van der Waals surface area contributed by atoms with Crippen molar-refractivity contribution in [2.75, 3.05) is 23.7 Å². The molecule has 3 heterocycles. The molecule has 0 radical (unpaired) electrons. The van der Waals surface area contributed by atoms with Gasteiger partial charge in [0.05, 0.1) is 0 Å². The molecule has 1 aromatic heterocycles. The minimum absolute atomic E-state index is 0.367. The fourth-order valence-electron chi connectivity index (χ4n) is 3.25. The third-order valence-electron chi connectivity index (χ3n) is 4.17. The first-order valence-electron chi connectivity index (χ1n) is 7.01. The molecular weight excluding hydrogens is 240 g/mol. The van der Waals surface area contributed by atoms with Crippen LogP contribution in [0.1, 0.15) is 25.5 Å². The molecule has 104 valence electrons. The molecule has 2 aliphatic heterocycles. The largest absolute Gasteiger partial charge is 0.368 e. The fraction of sp³-hybridized carbons (Fsp3) is 0.692. The highest BCUT2D eigenvalue weighted by Gasteiger charge is 2.37. The number of aryl methyl sites for hydroxylation is 1. The zero-order chi connectivity index (χ0) is 13.4. The van der Waals surface area contributed by atoms with E-state index in [4.69, 9.17) is 5.73 Å². The Morgan fingerprint density at radius 3 is 2.95 bits per heavy atom. The van der Waals surface area contributed by atoms with E-state index < -0.39 is 0 Å². The van der Waals surface area contributed by atoms with Crippen molar-refractivity contribution in [2.45, 2.75) is 38.8 Å². The molecule has 0 amide bonds. The van der Waals surface area contributed by atoms with Crippen LogP contribution in [0.5, 0.6) is 0 Å². The quantitative estimate of drug-likeness (QED) is 0.718. The van der Waals surface area contributed by atoms with E-state index in [0.29, 0.717) is 23.9 Å². The summed E-state index contributed by atoms with van der Waals surface area (Å²) in [6.45, 7) is 6.32. The lowest BCUT2D eigenvalue weighted by molar-refractivity contribution is 0.401. The third-order valence-corrected chi connectivity index (χ3v) is 4.17. The number of rotatable bonds is 2. The zero-order valence-corrected chi connectivity index (χ0v) is 11.6. The van der Waals surface area contributed by atoms with E-state index in [9.17, 15) is 0 Å². The number of anilines is 2. The van der Waals surface area contributed by atoms with Crippen molar-refractivity contribution in [3.8, 4) is 0 Å². The van der Waals surface area contributed by atoms with Crippen molar-refractivity contribution < 1.29 is 0 Å². The number of aromatic nitrogens is 2. The van der Waals surface area contributed by atoms with Crippen molar-refractivity contribution >= 4 is 11.8 Å². The molecule has 1 aromatic rings. The van der Waals surface area contributed by atoms with Gasteiger partial charge in [-0.3, -0.25) is 10.9 Å². The lowest BCUT2D eigenvalue weighted by Crippen LogP contribution is -2.48. The summed E-state index contributed by atoms with van der Waals surface area (Å²) in [4.78, 5) is 10.9. The molecule has 19 heavy (non-hydrogen) atoms. The molecule has 0 aromatic carbocycles. The monoisotopic (exact) mass is 262 g/mol. The van der Waals surface area contributed by atoms with Crippen molar-refractivity contribution in [1.82, 2.24) is 20.8 Å². The normalized spacial score (nSPS) is 31.1. The highest BCUT2D eigenvalue weighted by Crippen LogP contribution is 2.29. The van der Waals surface area contributed by atoms with E-state index in [1.807, 2.05) is 13.0 Å². The van der Waals surface area contributed by atoms with Gasteiger partial charge in [-0.1, -0.05) is 6.92 Å². The predicted octanol–water partition coefficient (Wildman–Crippen LogP) is 0.449. The first-order chi connectivity index (χ1) is 9.15. The molecule has 2 saturated heterocycles. The SMILES string of the molecule is Cc1cc(N2CCCC2C2NNCC2C)nc(N)n1. The van der Waals surface area contributed by atoms with Gasteiger partial charge in [0.15, 0.2) is 0 Å². The topological polar surface area (TPSA) is 79.1 Å². The standard InChI is InChI=1S/C13H22N6/c1-8-7-15-18-12(8)10-4-3-5-19(10)11-6-9(2)16-13(14)17-11/h6,8,10,12,15,18H,3-5,7H2,1-2H3,(H2,14,16,17). The smallest absolute Gasteiger partial charge is 0.222 e. The number of nitrogens with two attached hydrogens (primary N) is 1. The van der Waals surface area contributed by atoms with Crippen LogP contribution in [-0.4, -0.2) is 35.1 Å². The van der Waals surface area contributed by atoms with Gasteiger partial charge in [0.2, 0.25) is 5.95 Å². The number of nitrogens with one attached hydrogen (secondary N) is 2. The molecule has 6 nitrogen and oxygen atoms in total. The van der Waals surface area contributed by atoms with Crippen molar-refractivity contribution in [3.05, 3.63) is 11.8 Å². The number of hydrogen-bond donors (Lipinski definition) is 3. The van der Waals surface area contributed by atoms with Gasteiger partial charge in [-0.15, -0.1) is 0 Å². The molecule has 6 heteroatoms. The Morgan fingerprint density at radius 2 is 2.26 bits per heavy atom. The van der Waals surface area contributed by atoms with Crippen LogP contribution in [0.15, 0.2) is 6.07 Å². The van der Waals surface area contributed by atoms with Gasteiger partial charge in [-0.25, -0.2) is 4.98 Å². The molecule has 2 aliphatic rings. The second-order valence-corrected chi connectivity index (χ2v) is 5.66. The second kappa shape index (κ2) is 4.94. The van der Waals surface area contributed by atoms with Gasteiger partial charge >= 0.3 is 0 Å². The summed E-state index contributed by atoms with van der Waals surface area (Å²) in [6.07, 6.45) is 2.41. The third kappa shape index (κ3) is 2.37. The summed E-state index contributed by atoms with van der Waals surface area (Å²) in [6, 6.07) is 2.99. The van der Waals surface area contributed by atoms with Crippen molar-refractivity contribution in [1.29, 1.82) is 0 Å². The van der Waals surface area contributed by atoms with Gasteiger partial charge in [0.25, 0.3) is 0 Å². The Labute approximate surface area is 113 Å². The average molecular weight is 262 g/mol. The van der Waals surface area contributed by atoms with E-state index in [1.165, 1.54) is 12.8 Å². The Bertz CT molecular complexity index is 442. The van der Waals surface area contributed by atoms with Gasteiger partial charge in [0.1, 0.15) is 5.82 Å².